The molecule has 0 aromatic carbocycles. The number of nitriles is 1. The zero-order chi connectivity index (χ0) is 15.9. The number of thiophene rings is 1. The van der Waals surface area contributed by atoms with Crippen LogP contribution in [-0.2, 0) is 14.6 Å². The van der Waals surface area contributed by atoms with E-state index in [1.807, 2.05) is 6.07 Å². The SMILES string of the molecule is CS(=O)(=O)CC(NC(=O)c1cccs1)C(=O)NCCC#N. The van der Waals surface area contributed by atoms with E-state index in [4.69, 9.17) is 5.26 Å². The second kappa shape index (κ2) is 7.75. The van der Waals surface area contributed by atoms with Gasteiger partial charge in [0.1, 0.15) is 15.9 Å². The highest BCUT2D eigenvalue weighted by molar-refractivity contribution is 7.90. The van der Waals surface area contributed by atoms with E-state index < -0.39 is 33.4 Å². The first-order chi connectivity index (χ1) is 9.83. The second-order valence-electron chi connectivity index (χ2n) is 4.29. The molecule has 21 heavy (non-hydrogen) atoms. The number of hydrogen-bond acceptors (Lipinski definition) is 6. The standard InChI is InChI=1S/C12H15N3O4S2/c1-21(18,19)8-9(11(16)14-6-3-5-13)15-12(17)10-4-2-7-20-10/h2,4,7,9H,3,6,8H2,1H3,(H,14,16)(H,15,17). The molecule has 0 saturated carbocycles. The maximum Gasteiger partial charge on any atom is 0.262 e. The molecular formula is C12H15N3O4S2. The summed E-state index contributed by atoms with van der Waals surface area (Å²) in [6, 6.07) is 3.92. The first-order valence-electron chi connectivity index (χ1n) is 6.00. The van der Waals surface area contributed by atoms with Crippen LogP contribution in [0.4, 0.5) is 0 Å². The molecule has 1 unspecified atom stereocenters. The van der Waals surface area contributed by atoms with Crippen molar-refractivity contribution in [2.75, 3.05) is 18.6 Å². The van der Waals surface area contributed by atoms with Crippen molar-refractivity contribution in [3.63, 3.8) is 0 Å². The number of carbonyl (C=O) groups excluding carboxylic acids is 2. The average Bonchev–Trinajstić information content (AvgIpc) is 2.90. The van der Waals surface area contributed by atoms with Crippen LogP contribution < -0.4 is 10.6 Å². The van der Waals surface area contributed by atoms with E-state index in [1.54, 1.807) is 17.5 Å². The summed E-state index contributed by atoms with van der Waals surface area (Å²) < 4.78 is 22.7. The Morgan fingerprint density at radius 1 is 1.48 bits per heavy atom. The van der Waals surface area contributed by atoms with Crippen molar-refractivity contribution in [2.24, 2.45) is 0 Å². The lowest BCUT2D eigenvalue weighted by molar-refractivity contribution is -0.122. The predicted molar refractivity (Wildman–Crippen MR) is 78.5 cm³/mol. The minimum absolute atomic E-state index is 0.102. The summed E-state index contributed by atoms with van der Waals surface area (Å²) in [5, 5.41) is 14.9. The predicted octanol–water partition coefficient (Wildman–Crippen LogP) is -0.0790. The smallest absolute Gasteiger partial charge is 0.262 e. The number of sulfone groups is 1. The average molecular weight is 329 g/mol. The Balaban J connectivity index is 2.75. The Hall–Kier alpha value is -1.92. The molecule has 1 heterocycles. The fourth-order valence-corrected chi connectivity index (χ4v) is 2.95. The molecule has 9 heteroatoms. The molecular weight excluding hydrogens is 314 g/mol. The number of nitrogens with zero attached hydrogens (tertiary/aromatic N) is 1. The zero-order valence-corrected chi connectivity index (χ0v) is 13.0. The molecule has 0 fully saturated rings. The summed E-state index contributed by atoms with van der Waals surface area (Å²) in [4.78, 5) is 24.2. The van der Waals surface area contributed by atoms with Crippen molar-refractivity contribution in [1.82, 2.24) is 10.6 Å². The molecule has 0 spiro atoms. The van der Waals surface area contributed by atoms with Crippen LogP contribution >= 0.6 is 11.3 Å². The molecule has 2 N–H and O–H groups in total. The molecule has 0 saturated heterocycles. The summed E-state index contributed by atoms with van der Waals surface area (Å²) in [6.45, 7) is 0.102. The van der Waals surface area contributed by atoms with E-state index in [0.29, 0.717) is 4.88 Å². The van der Waals surface area contributed by atoms with Gasteiger partial charge in [-0.25, -0.2) is 8.42 Å². The summed E-state index contributed by atoms with van der Waals surface area (Å²) in [7, 11) is -3.45. The number of nitrogens with one attached hydrogen (secondary N) is 2. The fraction of sp³-hybridized carbons (Fsp3) is 0.417. The quantitative estimate of drug-likeness (QED) is 0.679. The van der Waals surface area contributed by atoms with Crippen molar-refractivity contribution in [2.45, 2.75) is 12.5 Å². The molecule has 0 radical (unpaired) electrons. The maximum atomic E-state index is 11.9. The van der Waals surface area contributed by atoms with Crippen molar-refractivity contribution in [3.8, 4) is 6.07 Å². The Kier molecular flexibility index (Phi) is 6.33. The minimum Gasteiger partial charge on any atom is -0.353 e. The summed E-state index contributed by atoms with van der Waals surface area (Å²) in [6.07, 6.45) is 1.09. The van der Waals surface area contributed by atoms with Crippen LogP contribution in [0.25, 0.3) is 0 Å². The lowest BCUT2D eigenvalue weighted by atomic mass is 10.3. The molecule has 114 valence electrons. The van der Waals surface area contributed by atoms with Crippen LogP contribution in [0.3, 0.4) is 0 Å². The lowest BCUT2D eigenvalue weighted by Gasteiger charge is -2.16. The van der Waals surface area contributed by atoms with Gasteiger partial charge in [-0.05, 0) is 11.4 Å². The molecule has 0 aliphatic carbocycles. The molecule has 7 nitrogen and oxygen atoms in total. The molecule has 0 aliphatic rings. The van der Waals surface area contributed by atoms with Gasteiger partial charge in [0, 0.05) is 12.8 Å². The Morgan fingerprint density at radius 2 is 2.19 bits per heavy atom. The van der Waals surface area contributed by atoms with Gasteiger partial charge in [0.15, 0.2) is 0 Å². The van der Waals surface area contributed by atoms with Gasteiger partial charge >= 0.3 is 0 Å². The third kappa shape index (κ3) is 6.37. The molecule has 1 aromatic heterocycles. The molecule has 1 atom stereocenters. The van der Waals surface area contributed by atoms with Crippen LogP contribution in [0, 0.1) is 11.3 Å². The van der Waals surface area contributed by atoms with Crippen LogP contribution in [0.2, 0.25) is 0 Å². The van der Waals surface area contributed by atoms with E-state index in [1.165, 1.54) is 11.3 Å². The maximum absolute atomic E-state index is 11.9. The monoisotopic (exact) mass is 329 g/mol. The number of carbonyl (C=O) groups is 2. The van der Waals surface area contributed by atoms with Gasteiger partial charge in [-0.2, -0.15) is 5.26 Å². The summed E-state index contributed by atoms with van der Waals surface area (Å²) >= 11 is 1.19. The number of hydrogen-bond donors (Lipinski definition) is 2. The minimum atomic E-state index is -3.45. The van der Waals surface area contributed by atoms with Crippen LogP contribution in [0.15, 0.2) is 17.5 Å². The molecule has 1 rings (SSSR count). The van der Waals surface area contributed by atoms with Gasteiger partial charge in [-0.3, -0.25) is 9.59 Å². The van der Waals surface area contributed by atoms with Gasteiger partial charge in [-0.1, -0.05) is 6.07 Å². The van der Waals surface area contributed by atoms with Crippen molar-refractivity contribution < 1.29 is 18.0 Å². The number of rotatable bonds is 7. The van der Waals surface area contributed by atoms with Crippen LogP contribution in [-0.4, -0.2) is 44.8 Å². The molecule has 0 aliphatic heterocycles. The third-order valence-corrected chi connectivity index (χ3v) is 4.18. The van der Waals surface area contributed by atoms with E-state index in [2.05, 4.69) is 10.6 Å². The lowest BCUT2D eigenvalue weighted by Crippen LogP contribution is -2.50. The van der Waals surface area contributed by atoms with Crippen molar-refractivity contribution in [1.29, 1.82) is 5.26 Å². The molecule has 0 bridgehead atoms. The van der Waals surface area contributed by atoms with Gasteiger partial charge in [-0.15, -0.1) is 11.3 Å². The number of amides is 2. The van der Waals surface area contributed by atoms with E-state index in [0.717, 1.165) is 6.26 Å². The van der Waals surface area contributed by atoms with Crippen molar-refractivity contribution in [3.05, 3.63) is 22.4 Å². The first-order valence-corrected chi connectivity index (χ1v) is 8.94. The van der Waals surface area contributed by atoms with E-state index >= 15 is 0 Å². The van der Waals surface area contributed by atoms with Gasteiger partial charge in [0.25, 0.3) is 5.91 Å². The second-order valence-corrected chi connectivity index (χ2v) is 7.43. The molecule has 2 amide bonds. The Labute approximate surface area is 126 Å². The Bertz CT molecular complexity index is 632. The summed E-state index contributed by atoms with van der Waals surface area (Å²) in [5.74, 6) is -1.63. The van der Waals surface area contributed by atoms with Gasteiger partial charge in [0.2, 0.25) is 5.91 Å². The summed E-state index contributed by atoms with van der Waals surface area (Å²) in [5.41, 5.74) is 0. The van der Waals surface area contributed by atoms with Crippen LogP contribution in [0.5, 0.6) is 0 Å². The van der Waals surface area contributed by atoms with E-state index in [-0.39, 0.29) is 13.0 Å². The van der Waals surface area contributed by atoms with E-state index in [9.17, 15) is 18.0 Å². The first kappa shape index (κ1) is 17.1. The van der Waals surface area contributed by atoms with Gasteiger partial charge in [0.05, 0.1) is 23.1 Å². The topological polar surface area (TPSA) is 116 Å². The third-order valence-electron chi connectivity index (χ3n) is 2.37. The van der Waals surface area contributed by atoms with Gasteiger partial charge < -0.3 is 10.6 Å². The highest BCUT2D eigenvalue weighted by Crippen LogP contribution is 2.08. The highest BCUT2D eigenvalue weighted by Gasteiger charge is 2.25. The van der Waals surface area contributed by atoms with Crippen LogP contribution in [0.1, 0.15) is 16.1 Å². The molecule has 1 aromatic rings. The normalized spacial score (nSPS) is 12.2. The zero-order valence-electron chi connectivity index (χ0n) is 11.3. The van der Waals surface area contributed by atoms with Crippen molar-refractivity contribution >= 4 is 33.0 Å². The highest BCUT2D eigenvalue weighted by atomic mass is 32.2. The largest absolute Gasteiger partial charge is 0.353 e. The fourth-order valence-electron chi connectivity index (χ4n) is 1.49. The Morgan fingerprint density at radius 3 is 2.71 bits per heavy atom.